The van der Waals surface area contributed by atoms with Crippen LogP contribution in [0.1, 0.15) is 50.4 Å². The van der Waals surface area contributed by atoms with Gasteiger partial charge in [0.1, 0.15) is 0 Å². The van der Waals surface area contributed by atoms with E-state index in [1.807, 2.05) is 18.2 Å². The second-order valence-corrected chi connectivity index (χ2v) is 8.96. The van der Waals surface area contributed by atoms with E-state index in [0.717, 1.165) is 12.8 Å². The lowest BCUT2D eigenvalue weighted by molar-refractivity contribution is 0.104. The molecule has 0 spiro atoms. The van der Waals surface area contributed by atoms with Crippen molar-refractivity contribution in [2.45, 2.75) is 45.3 Å². The van der Waals surface area contributed by atoms with Crippen molar-refractivity contribution in [1.82, 2.24) is 0 Å². The number of hydrogen-bond donors (Lipinski definition) is 0. The molecule has 4 atom stereocenters. The average molecular weight is 316 g/mol. The van der Waals surface area contributed by atoms with Crippen molar-refractivity contribution in [3.05, 3.63) is 47.4 Å². The van der Waals surface area contributed by atoms with Crippen molar-refractivity contribution >= 4 is 16.6 Å². The Balaban J connectivity index is 1.74. The van der Waals surface area contributed by atoms with Crippen molar-refractivity contribution < 1.29 is 9.00 Å². The molecule has 2 aliphatic carbocycles. The summed E-state index contributed by atoms with van der Waals surface area (Å²) in [5, 5.41) is 1.81. The Morgan fingerprint density at radius 1 is 1.23 bits per heavy atom. The highest BCUT2D eigenvalue weighted by Crippen LogP contribution is 2.66. The number of carbonyl (C=O) groups is 1. The molecular formula is C19H24O2S. The molecule has 0 saturated heterocycles. The highest BCUT2D eigenvalue weighted by atomic mass is 32.2. The molecule has 0 N–H and O–H groups in total. The molecule has 22 heavy (non-hydrogen) atoms. The minimum atomic E-state index is -1.08. The quantitative estimate of drug-likeness (QED) is 0.611. The molecule has 1 aromatic carbocycles. The molecule has 3 rings (SSSR count). The molecule has 2 aliphatic rings. The molecule has 0 aliphatic heterocycles. The SMILES string of the molecule is CC1(C)[C@H]2CC[C@]1(C)[C@@H](S(=O)/C=C/C(=O)c1ccccc1)C2. The fourth-order valence-electron chi connectivity index (χ4n) is 4.40. The standard InChI is InChI=1S/C19H24O2S/c1-18(2)15-9-11-19(18,3)17(13-15)22(21)12-10-16(20)14-7-5-4-6-8-14/h4-8,10,12,15,17H,9,11,13H2,1-3H3/b12-10+/t15-,17-,19+,22?/m0/s1. The van der Waals surface area contributed by atoms with Crippen LogP contribution < -0.4 is 0 Å². The molecule has 2 saturated carbocycles. The number of carbonyl (C=O) groups excluding carboxylic acids is 1. The summed E-state index contributed by atoms with van der Waals surface area (Å²) < 4.78 is 12.7. The van der Waals surface area contributed by atoms with Crippen LogP contribution in [-0.2, 0) is 10.8 Å². The van der Waals surface area contributed by atoms with Gasteiger partial charge in [0.2, 0.25) is 0 Å². The fourth-order valence-corrected chi connectivity index (χ4v) is 6.21. The van der Waals surface area contributed by atoms with Crippen molar-refractivity contribution in [2.75, 3.05) is 0 Å². The van der Waals surface area contributed by atoms with Gasteiger partial charge in [0, 0.05) is 27.0 Å². The first-order chi connectivity index (χ1) is 10.4. The number of fused-ring (bicyclic) bond motifs is 2. The third-order valence-electron chi connectivity index (χ3n) is 6.41. The van der Waals surface area contributed by atoms with Crippen LogP contribution in [0.15, 0.2) is 41.8 Å². The summed E-state index contributed by atoms with van der Waals surface area (Å²) in [7, 11) is -1.08. The Morgan fingerprint density at radius 3 is 2.45 bits per heavy atom. The Kier molecular flexibility index (Phi) is 3.88. The van der Waals surface area contributed by atoms with Crippen LogP contribution in [-0.4, -0.2) is 15.2 Å². The Labute approximate surface area is 135 Å². The second-order valence-electron chi connectivity index (χ2n) is 7.46. The summed E-state index contributed by atoms with van der Waals surface area (Å²) >= 11 is 0. The van der Waals surface area contributed by atoms with Gasteiger partial charge in [-0.3, -0.25) is 9.00 Å². The van der Waals surface area contributed by atoms with Gasteiger partial charge < -0.3 is 0 Å². The van der Waals surface area contributed by atoms with E-state index >= 15 is 0 Å². The molecule has 2 nitrogen and oxygen atoms in total. The van der Waals surface area contributed by atoms with Crippen molar-refractivity contribution in [1.29, 1.82) is 0 Å². The molecule has 1 aromatic rings. The monoisotopic (exact) mass is 316 g/mol. The van der Waals surface area contributed by atoms with Gasteiger partial charge in [-0.2, -0.15) is 0 Å². The number of hydrogen-bond acceptors (Lipinski definition) is 2. The van der Waals surface area contributed by atoms with Crippen LogP contribution in [0.25, 0.3) is 0 Å². The van der Waals surface area contributed by atoms with Gasteiger partial charge in [0.15, 0.2) is 5.78 Å². The van der Waals surface area contributed by atoms with Gasteiger partial charge in [-0.25, -0.2) is 0 Å². The van der Waals surface area contributed by atoms with E-state index in [1.54, 1.807) is 17.5 Å². The van der Waals surface area contributed by atoms with E-state index in [1.165, 1.54) is 12.5 Å². The van der Waals surface area contributed by atoms with Gasteiger partial charge in [-0.15, -0.1) is 0 Å². The zero-order chi connectivity index (χ0) is 16.0. The number of rotatable bonds is 4. The van der Waals surface area contributed by atoms with Crippen LogP contribution in [0.4, 0.5) is 0 Å². The summed E-state index contributed by atoms with van der Waals surface area (Å²) in [6.45, 7) is 6.93. The molecule has 0 aromatic heterocycles. The normalized spacial score (nSPS) is 34.1. The summed E-state index contributed by atoms with van der Waals surface area (Å²) in [5.41, 5.74) is 1.03. The highest BCUT2D eigenvalue weighted by molar-refractivity contribution is 7.88. The molecule has 0 radical (unpaired) electrons. The lowest BCUT2D eigenvalue weighted by Crippen LogP contribution is -2.37. The second kappa shape index (κ2) is 5.45. The third kappa shape index (κ3) is 2.30. The first-order valence-electron chi connectivity index (χ1n) is 8.03. The summed E-state index contributed by atoms with van der Waals surface area (Å²) in [6.07, 6.45) is 4.93. The molecule has 2 fully saturated rings. The topological polar surface area (TPSA) is 34.1 Å². The first-order valence-corrected chi connectivity index (χ1v) is 9.31. The summed E-state index contributed by atoms with van der Waals surface area (Å²) in [6, 6.07) is 9.15. The minimum absolute atomic E-state index is 0.0680. The van der Waals surface area contributed by atoms with E-state index < -0.39 is 10.8 Å². The van der Waals surface area contributed by atoms with Gasteiger partial charge >= 0.3 is 0 Å². The predicted octanol–water partition coefficient (Wildman–Crippen LogP) is 4.35. The number of benzene rings is 1. The molecule has 2 bridgehead atoms. The van der Waals surface area contributed by atoms with Crippen LogP contribution in [0.5, 0.6) is 0 Å². The van der Waals surface area contributed by atoms with Crippen LogP contribution in [0.2, 0.25) is 0 Å². The van der Waals surface area contributed by atoms with Crippen LogP contribution >= 0.6 is 0 Å². The van der Waals surface area contributed by atoms with E-state index in [4.69, 9.17) is 0 Å². The molecule has 118 valence electrons. The van der Waals surface area contributed by atoms with Gasteiger partial charge in [-0.05, 0) is 42.1 Å². The van der Waals surface area contributed by atoms with Crippen molar-refractivity contribution in [3.8, 4) is 0 Å². The Bertz CT molecular complexity index is 632. The number of allylic oxidation sites excluding steroid dienone is 1. The van der Waals surface area contributed by atoms with Crippen LogP contribution in [0.3, 0.4) is 0 Å². The van der Waals surface area contributed by atoms with E-state index in [-0.39, 0.29) is 21.9 Å². The number of ketones is 1. The predicted molar refractivity (Wildman–Crippen MR) is 91.1 cm³/mol. The van der Waals surface area contributed by atoms with E-state index in [0.29, 0.717) is 11.5 Å². The largest absolute Gasteiger partial charge is 0.289 e. The molecule has 3 heteroatoms. The summed E-state index contributed by atoms with van der Waals surface area (Å²) in [4.78, 5) is 12.1. The maximum absolute atomic E-state index is 12.7. The van der Waals surface area contributed by atoms with E-state index in [9.17, 15) is 9.00 Å². The van der Waals surface area contributed by atoms with Crippen molar-refractivity contribution in [2.24, 2.45) is 16.7 Å². The minimum Gasteiger partial charge on any atom is -0.289 e. The molecule has 0 heterocycles. The van der Waals surface area contributed by atoms with Crippen LogP contribution in [0, 0.1) is 16.7 Å². The Morgan fingerprint density at radius 2 is 1.91 bits per heavy atom. The van der Waals surface area contributed by atoms with Gasteiger partial charge in [0.25, 0.3) is 0 Å². The average Bonchev–Trinajstić information content (AvgIpc) is 2.86. The van der Waals surface area contributed by atoms with Gasteiger partial charge in [0.05, 0.1) is 0 Å². The smallest absolute Gasteiger partial charge is 0.186 e. The fraction of sp³-hybridized carbons (Fsp3) is 0.526. The maximum Gasteiger partial charge on any atom is 0.186 e. The van der Waals surface area contributed by atoms with Gasteiger partial charge in [-0.1, -0.05) is 51.1 Å². The van der Waals surface area contributed by atoms with E-state index in [2.05, 4.69) is 20.8 Å². The molecule has 0 amide bonds. The first kappa shape index (κ1) is 15.7. The molecular weight excluding hydrogens is 292 g/mol. The zero-order valence-corrected chi connectivity index (χ0v) is 14.4. The maximum atomic E-state index is 12.7. The van der Waals surface area contributed by atoms with Crippen molar-refractivity contribution in [3.63, 3.8) is 0 Å². The summed E-state index contributed by atoms with van der Waals surface area (Å²) in [5.74, 6) is 0.603. The molecule has 1 unspecified atom stereocenters. The third-order valence-corrected chi connectivity index (χ3v) is 8.08. The lowest BCUT2D eigenvalue weighted by Gasteiger charge is -2.38. The highest BCUT2D eigenvalue weighted by Gasteiger charge is 2.62. The lowest BCUT2D eigenvalue weighted by atomic mass is 9.71. The zero-order valence-electron chi connectivity index (χ0n) is 13.5. The Hall–Kier alpha value is -1.22.